The second-order valence-corrected chi connectivity index (χ2v) is 7.60. The van der Waals surface area contributed by atoms with Crippen LogP contribution in [0.25, 0.3) is 0 Å². The van der Waals surface area contributed by atoms with E-state index in [-0.39, 0.29) is 23.8 Å². The van der Waals surface area contributed by atoms with Crippen LogP contribution in [0, 0.1) is 5.92 Å². The van der Waals surface area contributed by atoms with E-state index in [4.69, 9.17) is 0 Å². The Morgan fingerprint density at radius 3 is 2.19 bits per heavy atom. The Labute approximate surface area is 155 Å². The lowest BCUT2D eigenvalue weighted by molar-refractivity contribution is -0.140. The molecule has 0 saturated carbocycles. The van der Waals surface area contributed by atoms with Crippen LogP contribution in [0.5, 0.6) is 0 Å². The predicted octanol–water partition coefficient (Wildman–Crippen LogP) is 1.76. The summed E-state index contributed by atoms with van der Waals surface area (Å²) in [5.74, 6) is 0.189. The first kappa shape index (κ1) is 18.7. The van der Waals surface area contributed by atoms with Gasteiger partial charge in [-0.05, 0) is 24.8 Å². The molecule has 3 amide bonds. The van der Waals surface area contributed by atoms with Gasteiger partial charge in [0.05, 0.1) is 6.10 Å². The summed E-state index contributed by atoms with van der Waals surface area (Å²) in [5, 5.41) is 10.6. The van der Waals surface area contributed by atoms with E-state index in [2.05, 4.69) is 0 Å². The average Bonchev–Trinajstić information content (AvgIpc) is 2.67. The third-order valence-electron chi connectivity index (χ3n) is 5.62. The lowest BCUT2D eigenvalue weighted by atomic mass is 9.86. The Morgan fingerprint density at radius 2 is 1.62 bits per heavy atom. The first-order valence-corrected chi connectivity index (χ1v) is 9.45. The molecule has 1 N–H and O–H groups in total. The van der Waals surface area contributed by atoms with E-state index in [0.29, 0.717) is 39.0 Å². The van der Waals surface area contributed by atoms with E-state index in [9.17, 15) is 14.7 Å². The van der Waals surface area contributed by atoms with Crippen molar-refractivity contribution in [2.24, 2.45) is 5.92 Å². The smallest absolute Gasteiger partial charge is 0.319 e. The van der Waals surface area contributed by atoms with Gasteiger partial charge in [-0.15, -0.1) is 0 Å². The Hall–Kier alpha value is -2.08. The normalized spacial score (nSPS) is 24.4. The standard InChI is InChI=1S/C20H29N3O3/c1-21(2)20(26)22-11-8-16(9-12-22)19(25)23-13-10-17(18(24)14-23)15-6-4-3-5-7-15/h3-7,16-18,24H,8-14H2,1-2H3/t17-,18+/m0/s1. The molecule has 2 atom stereocenters. The molecular weight excluding hydrogens is 330 g/mol. The molecule has 1 aromatic rings. The Morgan fingerprint density at radius 1 is 1.00 bits per heavy atom. The Kier molecular flexibility index (Phi) is 5.81. The van der Waals surface area contributed by atoms with Crippen LogP contribution in [-0.4, -0.2) is 78.1 Å². The third-order valence-corrected chi connectivity index (χ3v) is 5.62. The molecule has 6 nitrogen and oxygen atoms in total. The zero-order valence-electron chi connectivity index (χ0n) is 15.7. The highest BCUT2D eigenvalue weighted by atomic mass is 16.3. The van der Waals surface area contributed by atoms with Gasteiger partial charge in [0.1, 0.15) is 0 Å². The molecule has 2 aliphatic heterocycles. The van der Waals surface area contributed by atoms with Crippen LogP contribution < -0.4 is 0 Å². The summed E-state index contributed by atoms with van der Waals surface area (Å²) < 4.78 is 0. The SMILES string of the molecule is CN(C)C(=O)N1CCC(C(=O)N2CC[C@@H](c3ccccc3)[C@H](O)C2)CC1. The maximum absolute atomic E-state index is 12.9. The van der Waals surface area contributed by atoms with Crippen LogP contribution in [0.2, 0.25) is 0 Å². The van der Waals surface area contributed by atoms with Gasteiger partial charge < -0.3 is 19.8 Å². The molecule has 0 unspecified atom stereocenters. The Bertz CT molecular complexity index is 626. The highest BCUT2D eigenvalue weighted by Crippen LogP contribution is 2.30. The zero-order chi connectivity index (χ0) is 18.7. The number of likely N-dealkylation sites (tertiary alicyclic amines) is 2. The van der Waals surface area contributed by atoms with Crippen LogP contribution in [0.15, 0.2) is 30.3 Å². The fourth-order valence-corrected chi connectivity index (χ4v) is 4.08. The lowest BCUT2D eigenvalue weighted by Crippen LogP contribution is -2.51. The summed E-state index contributed by atoms with van der Waals surface area (Å²) in [6.45, 7) is 2.33. The molecule has 2 aliphatic rings. The van der Waals surface area contributed by atoms with Gasteiger partial charge in [-0.1, -0.05) is 30.3 Å². The number of nitrogens with zero attached hydrogens (tertiary/aromatic N) is 3. The van der Waals surface area contributed by atoms with Crippen molar-refractivity contribution in [2.75, 3.05) is 40.3 Å². The molecular formula is C20H29N3O3. The largest absolute Gasteiger partial charge is 0.391 e. The van der Waals surface area contributed by atoms with Gasteiger partial charge in [-0.3, -0.25) is 4.79 Å². The van der Waals surface area contributed by atoms with Crippen LogP contribution in [0.4, 0.5) is 4.79 Å². The number of carbonyl (C=O) groups excluding carboxylic acids is 2. The molecule has 0 bridgehead atoms. The van der Waals surface area contributed by atoms with Crippen molar-refractivity contribution in [1.29, 1.82) is 0 Å². The van der Waals surface area contributed by atoms with E-state index >= 15 is 0 Å². The Balaban J connectivity index is 1.53. The van der Waals surface area contributed by atoms with E-state index < -0.39 is 6.10 Å². The molecule has 2 saturated heterocycles. The molecule has 142 valence electrons. The summed E-state index contributed by atoms with van der Waals surface area (Å²) in [4.78, 5) is 30.1. The van der Waals surface area contributed by atoms with E-state index in [0.717, 1.165) is 12.0 Å². The number of amides is 3. The number of aliphatic hydroxyl groups is 1. The number of hydrogen-bond donors (Lipinski definition) is 1. The van der Waals surface area contributed by atoms with Gasteiger partial charge in [0.2, 0.25) is 5.91 Å². The van der Waals surface area contributed by atoms with Gasteiger partial charge in [-0.25, -0.2) is 4.79 Å². The molecule has 1 aromatic carbocycles. The highest BCUT2D eigenvalue weighted by molar-refractivity contribution is 5.80. The summed E-state index contributed by atoms with van der Waals surface area (Å²) in [7, 11) is 3.50. The third kappa shape index (κ3) is 4.01. The molecule has 3 rings (SSSR count). The topological polar surface area (TPSA) is 64.1 Å². The van der Waals surface area contributed by atoms with Crippen LogP contribution in [0.3, 0.4) is 0 Å². The van der Waals surface area contributed by atoms with Crippen LogP contribution >= 0.6 is 0 Å². The van der Waals surface area contributed by atoms with Crippen molar-refractivity contribution in [2.45, 2.75) is 31.3 Å². The monoisotopic (exact) mass is 359 g/mol. The number of hydrogen-bond acceptors (Lipinski definition) is 3. The highest BCUT2D eigenvalue weighted by Gasteiger charge is 2.35. The van der Waals surface area contributed by atoms with Crippen molar-refractivity contribution >= 4 is 11.9 Å². The van der Waals surface area contributed by atoms with Crippen molar-refractivity contribution in [1.82, 2.24) is 14.7 Å². The maximum atomic E-state index is 12.9. The summed E-state index contributed by atoms with van der Waals surface area (Å²) in [5.41, 5.74) is 1.14. The summed E-state index contributed by atoms with van der Waals surface area (Å²) in [6, 6.07) is 10.0. The minimum Gasteiger partial charge on any atom is -0.391 e. The minimum atomic E-state index is -0.523. The number of piperidine rings is 2. The van der Waals surface area contributed by atoms with Crippen molar-refractivity contribution < 1.29 is 14.7 Å². The number of β-amino-alcohol motifs (C(OH)–C–C–N with tert-alkyl or cyclic N) is 1. The molecule has 0 aromatic heterocycles. The van der Waals surface area contributed by atoms with Crippen molar-refractivity contribution in [3.8, 4) is 0 Å². The van der Waals surface area contributed by atoms with Gasteiger partial charge in [-0.2, -0.15) is 0 Å². The predicted molar refractivity (Wildman–Crippen MR) is 99.8 cm³/mol. The average molecular weight is 359 g/mol. The first-order valence-electron chi connectivity index (χ1n) is 9.45. The molecule has 0 radical (unpaired) electrons. The molecule has 2 heterocycles. The summed E-state index contributed by atoms with van der Waals surface area (Å²) in [6.07, 6.45) is 1.67. The minimum absolute atomic E-state index is 0.00926. The van der Waals surface area contributed by atoms with Gasteiger partial charge >= 0.3 is 6.03 Å². The van der Waals surface area contributed by atoms with Crippen molar-refractivity contribution in [3.05, 3.63) is 35.9 Å². The number of rotatable bonds is 2. The summed E-state index contributed by atoms with van der Waals surface area (Å²) >= 11 is 0. The number of carbonyl (C=O) groups is 2. The number of aliphatic hydroxyl groups excluding tert-OH is 1. The molecule has 0 spiro atoms. The van der Waals surface area contributed by atoms with E-state index in [1.165, 1.54) is 0 Å². The molecule has 6 heteroatoms. The second-order valence-electron chi connectivity index (χ2n) is 7.60. The molecule has 0 aliphatic carbocycles. The van der Waals surface area contributed by atoms with Gasteiger partial charge in [0.15, 0.2) is 0 Å². The van der Waals surface area contributed by atoms with E-state index in [1.54, 1.807) is 23.9 Å². The van der Waals surface area contributed by atoms with Crippen LogP contribution in [-0.2, 0) is 4.79 Å². The van der Waals surface area contributed by atoms with Gasteiger partial charge in [0, 0.05) is 52.1 Å². The van der Waals surface area contributed by atoms with E-state index in [1.807, 2.05) is 35.2 Å². The van der Waals surface area contributed by atoms with Crippen molar-refractivity contribution in [3.63, 3.8) is 0 Å². The molecule has 26 heavy (non-hydrogen) atoms. The molecule has 2 fully saturated rings. The zero-order valence-corrected chi connectivity index (χ0v) is 15.7. The van der Waals surface area contributed by atoms with Gasteiger partial charge in [0.25, 0.3) is 0 Å². The lowest BCUT2D eigenvalue weighted by Gasteiger charge is -2.39. The second kappa shape index (κ2) is 8.08. The maximum Gasteiger partial charge on any atom is 0.319 e. The fourth-order valence-electron chi connectivity index (χ4n) is 4.08. The quantitative estimate of drug-likeness (QED) is 0.875. The fraction of sp³-hybridized carbons (Fsp3) is 0.600. The number of benzene rings is 1. The number of urea groups is 1. The first-order chi connectivity index (χ1) is 12.5. The van der Waals surface area contributed by atoms with Crippen LogP contribution in [0.1, 0.15) is 30.7 Å².